The molecular weight excluding hydrogens is 358 g/mol. The van der Waals surface area contributed by atoms with Gasteiger partial charge in [-0.05, 0) is 27.2 Å². The predicted octanol–water partition coefficient (Wildman–Crippen LogP) is 2.62. The summed E-state index contributed by atoms with van der Waals surface area (Å²) < 4.78 is 10.1. The molecule has 0 radical (unpaired) electrons. The Morgan fingerprint density at radius 3 is 2.15 bits per heavy atom. The summed E-state index contributed by atoms with van der Waals surface area (Å²) in [5.74, 6) is -1.61. The van der Waals surface area contributed by atoms with E-state index in [9.17, 15) is 14.4 Å². The molecule has 0 amide bonds. The molecule has 26 heavy (non-hydrogen) atoms. The van der Waals surface area contributed by atoms with E-state index in [1.807, 2.05) is 0 Å². The fraction of sp³-hybridized carbons (Fsp3) is 0.833. The van der Waals surface area contributed by atoms with Crippen molar-refractivity contribution in [2.45, 2.75) is 77.1 Å². The van der Waals surface area contributed by atoms with Crippen molar-refractivity contribution in [3.05, 3.63) is 0 Å². The molecule has 0 aromatic rings. The average molecular weight is 392 g/mol. The molecule has 0 aliphatic carbocycles. The fourth-order valence-corrected chi connectivity index (χ4v) is 3.47. The number of carbonyl (C=O) groups excluding carboxylic acids is 2. The number of carbonyl (C=O) groups is 3. The molecule has 8 heteroatoms. The Kier molecular flexibility index (Phi) is 14.1. The van der Waals surface area contributed by atoms with Crippen LogP contribution in [0.4, 0.5) is 0 Å². The lowest BCUT2D eigenvalue weighted by molar-refractivity contribution is -0.146. The molecule has 0 saturated heterocycles. The van der Waals surface area contributed by atoms with Gasteiger partial charge in [0.05, 0.1) is 13.2 Å². The Balaban J connectivity index is 4.84. The number of unbranched alkanes of at least 4 members (excludes halogenated alkanes) is 3. The van der Waals surface area contributed by atoms with Gasteiger partial charge in [0.15, 0.2) is 0 Å². The van der Waals surface area contributed by atoms with Crippen LogP contribution in [0.25, 0.3) is 0 Å². The van der Waals surface area contributed by atoms with Crippen molar-refractivity contribution in [2.75, 3.05) is 19.0 Å². The number of carboxylic acids is 1. The number of hydrogen-bond donors (Lipinski definition) is 2. The number of esters is 2. The van der Waals surface area contributed by atoms with E-state index in [0.717, 1.165) is 25.7 Å². The molecule has 3 atom stereocenters. The van der Waals surface area contributed by atoms with Gasteiger partial charge in [-0.2, -0.15) is 0 Å². The standard InChI is InChI=1S/C18H33NO6S/c1-5-8-9-10-11-15(18(23)25-7-3)26-12-14(17(22)24-6-2)19-13(4)16(20)21/h13-15,19H,5-12H2,1-4H3,(H,20,21)/t13-,14-,15?/m0/s1. The van der Waals surface area contributed by atoms with Crippen LogP contribution >= 0.6 is 11.8 Å². The molecule has 152 valence electrons. The lowest BCUT2D eigenvalue weighted by Gasteiger charge is -2.22. The number of ether oxygens (including phenoxy) is 2. The molecule has 0 saturated carbocycles. The number of hydrogen-bond acceptors (Lipinski definition) is 7. The van der Waals surface area contributed by atoms with Crippen molar-refractivity contribution >= 4 is 29.7 Å². The molecule has 0 rings (SSSR count). The fourth-order valence-electron chi connectivity index (χ4n) is 2.27. The van der Waals surface area contributed by atoms with Crippen molar-refractivity contribution in [3.8, 4) is 0 Å². The number of thioether (sulfide) groups is 1. The molecule has 0 fully saturated rings. The summed E-state index contributed by atoms with van der Waals surface area (Å²) in [7, 11) is 0. The molecule has 2 N–H and O–H groups in total. The SMILES string of the molecule is CCCCCCC(SC[C@H](N[C@@H](C)C(=O)O)C(=O)OCC)C(=O)OCC. The summed E-state index contributed by atoms with van der Waals surface area (Å²) in [5.41, 5.74) is 0. The summed E-state index contributed by atoms with van der Waals surface area (Å²) in [6.07, 6.45) is 4.85. The Morgan fingerprint density at radius 2 is 1.62 bits per heavy atom. The minimum absolute atomic E-state index is 0.210. The Labute approximate surface area is 160 Å². The monoisotopic (exact) mass is 391 g/mol. The smallest absolute Gasteiger partial charge is 0.324 e. The van der Waals surface area contributed by atoms with Crippen LogP contribution in [0.2, 0.25) is 0 Å². The molecule has 7 nitrogen and oxygen atoms in total. The summed E-state index contributed by atoms with van der Waals surface area (Å²) in [6, 6.07) is -1.69. The van der Waals surface area contributed by atoms with Gasteiger partial charge in [0.2, 0.25) is 0 Å². The summed E-state index contributed by atoms with van der Waals surface area (Å²) >= 11 is 1.31. The van der Waals surface area contributed by atoms with Crippen LogP contribution in [0.5, 0.6) is 0 Å². The van der Waals surface area contributed by atoms with Crippen LogP contribution in [0.15, 0.2) is 0 Å². The molecule has 0 heterocycles. The van der Waals surface area contributed by atoms with Gasteiger partial charge in [0.25, 0.3) is 0 Å². The number of aliphatic carboxylic acids is 1. The zero-order chi connectivity index (χ0) is 19.9. The molecule has 0 aromatic heterocycles. The van der Waals surface area contributed by atoms with Crippen molar-refractivity contribution in [1.82, 2.24) is 5.32 Å². The van der Waals surface area contributed by atoms with E-state index >= 15 is 0 Å². The first-order valence-corrected chi connectivity index (χ1v) is 10.4. The topological polar surface area (TPSA) is 102 Å². The summed E-state index contributed by atoms with van der Waals surface area (Å²) in [4.78, 5) is 35.3. The van der Waals surface area contributed by atoms with Gasteiger partial charge in [-0.25, -0.2) is 0 Å². The highest BCUT2D eigenvalue weighted by molar-refractivity contribution is 8.00. The third-order valence-corrected chi connectivity index (χ3v) is 5.08. The van der Waals surface area contributed by atoms with E-state index in [2.05, 4.69) is 12.2 Å². The lowest BCUT2D eigenvalue weighted by atomic mass is 10.1. The Hall–Kier alpha value is -1.28. The number of carboxylic acid groups (broad SMARTS) is 1. The van der Waals surface area contributed by atoms with Crippen LogP contribution in [0.1, 0.15) is 59.8 Å². The second kappa shape index (κ2) is 14.8. The largest absolute Gasteiger partial charge is 0.480 e. The van der Waals surface area contributed by atoms with E-state index in [-0.39, 0.29) is 23.6 Å². The minimum Gasteiger partial charge on any atom is -0.480 e. The van der Waals surface area contributed by atoms with Gasteiger partial charge in [0.1, 0.15) is 17.3 Å². The molecule has 0 aliphatic heterocycles. The van der Waals surface area contributed by atoms with Gasteiger partial charge in [-0.1, -0.05) is 32.6 Å². The first-order valence-electron chi connectivity index (χ1n) is 9.30. The maximum atomic E-state index is 12.2. The molecule has 0 aliphatic rings. The van der Waals surface area contributed by atoms with Gasteiger partial charge in [0, 0.05) is 5.75 Å². The third-order valence-electron chi connectivity index (χ3n) is 3.73. The molecule has 0 aromatic carbocycles. The van der Waals surface area contributed by atoms with Crippen molar-refractivity contribution in [3.63, 3.8) is 0 Å². The first kappa shape index (κ1) is 24.7. The summed E-state index contributed by atoms with van der Waals surface area (Å²) in [6.45, 7) is 7.55. The van der Waals surface area contributed by atoms with Crippen LogP contribution in [-0.2, 0) is 23.9 Å². The van der Waals surface area contributed by atoms with Crippen molar-refractivity contribution in [1.29, 1.82) is 0 Å². The zero-order valence-corrected chi connectivity index (χ0v) is 17.1. The van der Waals surface area contributed by atoms with Gasteiger partial charge >= 0.3 is 17.9 Å². The summed E-state index contributed by atoms with van der Waals surface area (Å²) in [5, 5.41) is 11.4. The van der Waals surface area contributed by atoms with Gasteiger partial charge in [-0.3, -0.25) is 19.7 Å². The predicted molar refractivity (Wildman–Crippen MR) is 102 cm³/mol. The minimum atomic E-state index is -1.05. The molecule has 1 unspecified atom stereocenters. The van der Waals surface area contributed by atoms with Crippen LogP contribution in [0.3, 0.4) is 0 Å². The normalized spacial score (nSPS) is 14.3. The zero-order valence-electron chi connectivity index (χ0n) is 16.3. The van der Waals surface area contributed by atoms with E-state index in [0.29, 0.717) is 13.0 Å². The average Bonchev–Trinajstić information content (AvgIpc) is 2.59. The third kappa shape index (κ3) is 10.7. The number of rotatable bonds is 15. The first-order chi connectivity index (χ1) is 12.4. The molecule has 0 bridgehead atoms. The van der Waals surface area contributed by atoms with Crippen LogP contribution in [0, 0.1) is 0 Å². The lowest BCUT2D eigenvalue weighted by Crippen LogP contribution is -2.48. The molecule has 0 spiro atoms. The van der Waals surface area contributed by atoms with E-state index < -0.39 is 24.0 Å². The van der Waals surface area contributed by atoms with E-state index in [4.69, 9.17) is 14.6 Å². The van der Waals surface area contributed by atoms with E-state index in [1.165, 1.54) is 18.7 Å². The van der Waals surface area contributed by atoms with Gasteiger partial charge < -0.3 is 14.6 Å². The highest BCUT2D eigenvalue weighted by atomic mass is 32.2. The maximum absolute atomic E-state index is 12.2. The highest BCUT2D eigenvalue weighted by Crippen LogP contribution is 2.21. The number of nitrogens with one attached hydrogen (secondary N) is 1. The van der Waals surface area contributed by atoms with Crippen LogP contribution in [-0.4, -0.2) is 59.3 Å². The second-order valence-corrected chi connectivity index (χ2v) is 7.19. The molecular formula is C18H33NO6S. The highest BCUT2D eigenvalue weighted by Gasteiger charge is 2.28. The van der Waals surface area contributed by atoms with Crippen LogP contribution < -0.4 is 5.32 Å². The van der Waals surface area contributed by atoms with E-state index in [1.54, 1.807) is 13.8 Å². The maximum Gasteiger partial charge on any atom is 0.324 e. The second-order valence-electron chi connectivity index (χ2n) is 5.95. The Morgan fingerprint density at radius 1 is 1.00 bits per heavy atom. The van der Waals surface area contributed by atoms with Crippen molar-refractivity contribution in [2.24, 2.45) is 0 Å². The van der Waals surface area contributed by atoms with Gasteiger partial charge in [-0.15, -0.1) is 11.8 Å². The van der Waals surface area contributed by atoms with Crippen molar-refractivity contribution < 1.29 is 29.0 Å². The Bertz CT molecular complexity index is 432. The quantitative estimate of drug-likeness (QED) is 0.324.